The van der Waals surface area contributed by atoms with E-state index >= 15 is 0 Å². The molecule has 0 saturated carbocycles. The molecule has 9 nitrogen and oxygen atoms in total. The first kappa shape index (κ1) is 19.4. The Labute approximate surface area is 168 Å². The highest BCUT2D eigenvalue weighted by molar-refractivity contribution is 7.89. The van der Waals surface area contributed by atoms with Crippen LogP contribution in [-0.2, 0) is 14.8 Å². The molecule has 0 radical (unpaired) electrons. The monoisotopic (exact) mass is 416 g/mol. The van der Waals surface area contributed by atoms with Gasteiger partial charge in [-0.2, -0.15) is 4.31 Å². The minimum absolute atomic E-state index is 0.220. The van der Waals surface area contributed by atoms with Crippen molar-refractivity contribution in [1.82, 2.24) is 14.5 Å². The number of nitrogens with zero attached hydrogens (tertiary/aromatic N) is 3. The van der Waals surface area contributed by atoms with Gasteiger partial charge in [0.15, 0.2) is 0 Å². The minimum atomic E-state index is -3.54. The van der Waals surface area contributed by atoms with Gasteiger partial charge in [0.1, 0.15) is 5.75 Å². The molecule has 2 aromatic carbocycles. The Morgan fingerprint density at radius 1 is 1.07 bits per heavy atom. The van der Waals surface area contributed by atoms with Gasteiger partial charge in [-0.25, -0.2) is 8.42 Å². The smallest absolute Gasteiger partial charge is 0.320 e. The molecule has 0 atom stereocenters. The van der Waals surface area contributed by atoms with Crippen molar-refractivity contribution in [3.8, 4) is 17.2 Å². The maximum atomic E-state index is 12.7. The Morgan fingerprint density at radius 3 is 2.55 bits per heavy atom. The molecular weight excluding hydrogens is 396 g/mol. The number of hydrogen-bond acceptors (Lipinski definition) is 8. The number of sulfonamides is 1. The third-order valence-corrected chi connectivity index (χ3v) is 6.37. The molecule has 4 rings (SSSR count). The van der Waals surface area contributed by atoms with Crippen molar-refractivity contribution in [3.63, 3.8) is 0 Å². The highest BCUT2D eigenvalue weighted by Crippen LogP contribution is 2.26. The number of morpholine rings is 1. The van der Waals surface area contributed by atoms with Crippen LogP contribution in [0.3, 0.4) is 0 Å². The maximum Gasteiger partial charge on any atom is 0.320 e. The van der Waals surface area contributed by atoms with Crippen LogP contribution in [0.4, 0.5) is 11.7 Å². The fourth-order valence-electron chi connectivity index (χ4n) is 2.92. The lowest BCUT2D eigenvalue weighted by Gasteiger charge is -2.26. The molecule has 1 aromatic heterocycles. The Balaban J connectivity index is 1.49. The van der Waals surface area contributed by atoms with Gasteiger partial charge in [-0.3, -0.25) is 0 Å². The second-order valence-electron chi connectivity index (χ2n) is 6.31. The number of rotatable bonds is 6. The van der Waals surface area contributed by atoms with Crippen molar-refractivity contribution in [3.05, 3.63) is 48.5 Å². The van der Waals surface area contributed by atoms with Gasteiger partial charge in [-0.15, -0.1) is 5.10 Å². The first-order valence-electron chi connectivity index (χ1n) is 8.99. The summed E-state index contributed by atoms with van der Waals surface area (Å²) in [5, 5.41) is 11.0. The molecule has 10 heteroatoms. The van der Waals surface area contributed by atoms with E-state index in [1.54, 1.807) is 37.4 Å². The third kappa shape index (κ3) is 4.24. The van der Waals surface area contributed by atoms with Crippen LogP contribution in [0.5, 0.6) is 5.75 Å². The van der Waals surface area contributed by atoms with Gasteiger partial charge in [-0.05, 0) is 36.4 Å². The first-order chi connectivity index (χ1) is 14.1. The molecule has 152 valence electrons. The fourth-order valence-corrected chi connectivity index (χ4v) is 4.33. The van der Waals surface area contributed by atoms with Crippen molar-refractivity contribution in [1.29, 1.82) is 0 Å². The molecule has 3 aromatic rings. The minimum Gasteiger partial charge on any atom is -0.497 e. The molecule has 1 aliphatic rings. The summed E-state index contributed by atoms with van der Waals surface area (Å²) in [7, 11) is -1.95. The Kier molecular flexibility index (Phi) is 5.47. The maximum absolute atomic E-state index is 12.7. The van der Waals surface area contributed by atoms with Crippen molar-refractivity contribution < 1.29 is 22.3 Å². The summed E-state index contributed by atoms with van der Waals surface area (Å²) in [6.45, 7) is 1.52. The lowest BCUT2D eigenvalue weighted by molar-refractivity contribution is 0.0730. The van der Waals surface area contributed by atoms with E-state index in [1.165, 1.54) is 4.31 Å². The highest BCUT2D eigenvalue weighted by atomic mass is 32.2. The number of aromatic nitrogens is 2. The zero-order valence-electron chi connectivity index (χ0n) is 15.7. The van der Waals surface area contributed by atoms with Gasteiger partial charge < -0.3 is 19.2 Å². The van der Waals surface area contributed by atoms with Gasteiger partial charge in [0.25, 0.3) is 0 Å². The lowest BCUT2D eigenvalue weighted by atomic mass is 10.2. The summed E-state index contributed by atoms with van der Waals surface area (Å²) >= 11 is 0. The van der Waals surface area contributed by atoms with Crippen LogP contribution < -0.4 is 10.1 Å². The summed E-state index contributed by atoms with van der Waals surface area (Å²) < 4.78 is 42.9. The standard InChI is InChI=1S/C19H20N4O5S/c1-26-16-4-2-3-15(13-16)20-19-22-21-18(28-19)14-5-7-17(8-6-14)29(24,25)23-9-11-27-12-10-23/h2-8,13H,9-12H2,1H3,(H,20,22). The first-order valence-corrected chi connectivity index (χ1v) is 10.4. The topological polar surface area (TPSA) is 107 Å². The number of methoxy groups -OCH3 is 1. The molecule has 0 amide bonds. The largest absolute Gasteiger partial charge is 0.497 e. The molecule has 1 fully saturated rings. The van der Waals surface area contributed by atoms with E-state index in [0.29, 0.717) is 37.6 Å². The molecule has 1 aliphatic heterocycles. The van der Waals surface area contributed by atoms with Gasteiger partial charge in [0.05, 0.1) is 25.2 Å². The van der Waals surface area contributed by atoms with Crippen LogP contribution in [0, 0.1) is 0 Å². The van der Waals surface area contributed by atoms with E-state index in [-0.39, 0.29) is 16.8 Å². The SMILES string of the molecule is COc1cccc(Nc2nnc(-c3ccc(S(=O)(=O)N4CCOCC4)cc3)o2)c1. The average molecular weight is 416 g/mol. The van der Waals surface area contributed by atoms with E-state index in [0.717, 1.165) is 5.69 Å². The Morgan fingerprint density at radius 2 is 1.83 bits per heavy atom. The summed E-state index contributed by atoms with van der Waals surface area (Å²) in [5.41, 5.74) is 1.36. The van der Waals surface area contributed by atoms with Crippen molar-refractivity contribution >= 4 is 21.7 Å². The molecule has 0 spiro atoms. The zero-order chi connectivity index (χ0) is 20.3. The molecule has 1 N–H and O–H groups in total. The molecule has 0 aliphatic carbocycles. The van der Waals surface area contributed by atoms with Crippen LogP contribution in [0.2, 0.25) is 0 Å². The number of nitrogens with one attached hydrogen (secondary N) is 1. The Hall–Kier alpha value is -2.95. The number of anilines is 2. The molecular formula is C19H20N4O5S. The van der Waals surface area contributed by atoms with Crippen molar-refractivity contribution in [2.75, 3.05) is 38.7 Å². The van der Waals surface area contributed by atoms with Gasteiger partial charge in [0.2, 0.25) is 15.9 Å². The van der Waals surface area contributed by atoms with Crippen molar-refractivity contribution in [2.45, 2.75) is 4.90 Å². The van der Waals surface area contributed by atoms with Gasteiger partial charge >= 0.3 is 6.01 Å². The summed E-state index contributed by atoms with van der Waals surface area (Å²) in [4.78, 5) is 0.220. The summed E-state index contributed by atoms with van der Waals surface area (Å²) in [5.74, 6) is 0.984. The predicted molar refractivity (Wildman–Crippen MR) is 106 cm³/mol. The summed E-state index contributed by atoms with van der Waals surface area (Å²) in [6.07, 6.45) is 0. The highest BCUT2D eigenvalue weighted by Gasteiger charge is 2.26. The van der Waals surface area contributed by atoms with E-state index in [1.807, 2.05) is 18.2 Å². The second-order valence-corrected chi connectivity index (χ2v) is 8.25. The van der Waals surface area contributed by atoms with E-state index in [9.17, 15) is 8.42 Å². The second kappa shape index (κ2) is 8.19. The van der Waals surface area contributed by atoms with Crippen LogP contribution in [0.25, 0.3) is 11.5 Å². The fraction of sp³-hybridized carbons (Fsp3) is 0.263. The summed E-state index contributed by atoms with van der Waals surface area (Å²) in [6, 6.07) is 13.9. The van der Waals surface area contributed by atoms with E-state index < -0.39 is 10.0 Å². The molecule has 29 heavy (non-hydrogen) atoms. The average Bonchev–Trinajstić information content (AvgIpc) is 3.23. The number of benzene rings is 2. The van der Waals surface area contributed by atoms with Crippen molar-refractivity contribution in [2.24, 2.45) is 0 Å². The van der Waals surface area contributed by atoms with E-state index in [2.05, 4.69) is 15.5 Å². The molecule has 0 unspecified atom stereocenters. The predicted octanol–water partition coefficient (Wildman–Crippen LogP) is 2.51. The third-order valence-electron chi connectivity index (χ3n) is 4.46. The Bertz CT molecular complexity index is 1080. The lowest BCUT2D eigenvalue weighted by Crippen LogP contribution is -2.40. The normalized spacial score (nSPS) is 15.2. The van der Waals surface area contributed by atoms with Gasteiger partial charge in [-0.1, -0.05) is 11.2 Å². The van der Waals surface area contributed by atoms with Gasteiger partial charge in [0, 0.05) is 30.4 Å². The van der Waals surface area contributed by atoms with Crippen LogP contribution in [0.1, 0.15) is 0 Å². The molecule has 1 saturated heterocycles. The zero-order valence-corrected chi connectivity index (χ0v) is 16.6. The number of hydrogen-bond donors (Lipinski definition) is 1. The van der Waals surface area contributed by atoms with Crippen LogP contribution >= 0.6 is 0 Å². The van der Waals surface area contributed by atoms with Crippen LogP contribution in [-0.4, -0.2) is 56.3 Å². The van der Waals surface area contributed by atoms with E-state index in [4.69, 9.17) is 13.9 Å². The van der Waals surface area contributed by atoms with Crippen LogP contribution in [0.15, 0.2) is 57.8 Å². The molecule has 0 bridgehead atoms. The molecule has 2 heterocycles. The quantitative estimate of drug-likeness (QED) is 0.653. The number of ether oxygens (including phenoxy) is 2.